The van der Waals surface area contributed by atoms with Gasteiger partial charge in [0.1, 0.15) is 5.82 Å². The second-order valence-electron chi connectivity index (χ2n) is 13.6. The lowest BCUT2D eigenvalue weighted by Crippen LogP contribution is -2.39. The van der Waals surface area contributed by atoms with Gasteiger partial charge in [-0.15, -0.1) is 15.0 Å². The van der Waals surface area contributed by atoms with Gasteiger partial charge in [-0.05, 0) is 73.9 Å². The quantitative estimate of drug-likeness (QED) is 0.0914. The van der Waals surface area contributed by atoms with Crippen LogP contribution in [0.4, 0.5) is 0 Å². The van der Waals surface area contributed by atoms with Crippen LogP contribution in [0.3, 0.4) is 0 Å². The van der Waals surface area contributed by atoms with Crippen molar-refractivity contribution >= 4 is 21.9 Å². The van der Waals surface area contributed by atoms with E-state index in [0.717, 1.165) is 79.6 Å². The topological polar surface area (TPSA) is 112 Å². The fourth-order valence-electron chi connectivity index (χ4n) is 7.85. The molecular formula is C45H39BrN6O3. The van der Waals surface area contributed by atoms with Gasteiger partial charge in [0.2, 0.25) is 5.82 Å². The van der Waals surface area contributed by atoms with Crippen LogP contribution >= 0.6 is 15.9 Å². The molecule has 10 heteroatoms. The molecule has 4 aromatic carbocycles. The number of hydrogen-bond donors (Lipinski definition) is 1. The number of aromatic nitrogens is 6. The van der Waals surface area contributed by atoms with Gasteiger partial charge in [-0.3, -0.25) is 0 Å². The van der Waals surface area contributed by atoms with Crippen molar-refractivity contribution in [1.29, 1.82) is 0 Å². The first-order chi connectivity index (χ1) is 26.9. The van der Waals surface area contributed by atoms with Crippen LogP contribution < -0.4 is 0 Å². The van der Waals surface area contributed by atoms with Crippen LogP contribution in [-0.2, 0) is 18.5 Å². The summed E-state index contributed by atoms with van der Waals surface area (Å²) in [4.78, 5) is 19.2. The molecule has 0 spiro atoms. The molecule has 3 heterocycles. The molecule has 6 aromatic rings. The third-order valence-corrected chi connectivity index (χ3v) is 11.2. The van der Waals surface area contributed by atoms with Gasteiger partial charge in [-0.2, -0.15) is 0 Å². The molecule has 0 radical (unpaired) electrons. The molecule has 1 N–H and O–H groups in total. The molecule has 1 aliphatic heterocycles. The fraction of sp³-hybridized carbons (Fsp3) is 0.178. The average molecular weight is 792 g/mol. The predicted octanol–water partition coefficient (Wildman–Crippen LogP) is 10.3. The number of carboxylic acids is 1. The van der Waals surface area contributed by atoms with Gasteiger partial charge in [0.25, 0.3) is 0 Å². The summed E-state index contributed by atoms with van der Waals surface area (Å²) in [5, 5.41) is 25.2. The predicted molar refractivity (Wildman–Crippen MR) is 216 cm³/mol. The lowest BCUT2D eigenvalue weighted by atomic mass is 9.77. The largest absolute Gasteiger partial charge is 0.477 e. The van der Waals surface area contributed by atoms with Crippen molar-refractivity contribution in [3.8, 4) is 33.6 Å². The highest BCUT2D eigenvalue weighted by molar-refractivity contribution is 9.10. The smallest absolute Gasteiger partial charge is 0.354 e. The molecule has 0 unspecified atom stereocenters. The Balaban J connectivity index is 1.32. The molecule has 1 aliphatic carbocycles. The number of unbranched alkanes of at least 4 members (excludes halogenated alkanes) is 2. The minimum atomic E-state index is -1.00. The van der Waals surface area contributed by atoms with Gasteiger partial charge in [0, 0.05) is 27.6 Å². The summed E-state index contributed by atoms with van der Waals surface area (Å²) in [6.07, 6.45) is 7.06. The van der Waals surface area contributed by atoms with E-state index in [1.807, 2.05) is 89.5 Å². The van der Waals surface area contributed by atoms with Crippen molar-refractivity contribution in [3.05, 3.63) is 178 Å². The van der Waals surface area contributed by atoms with Gasteiger partial charge in [0.15, 0.2) is 11.2 Å². The minimum Gasteiger partial charge on any atom is -0.477 e. The van der Waals surface area contributed by atoms with Gasteiger partial charge in [-0.1, -0.05) is 135 Å². The van der Waals surface area contributed by atoms with Gasteiger partial charge >= 0.3 is 5.97 Å². The number of rotatable bonds is 13. The van der Waals surface area contributed by atoms with E-state index in [1.54, 1.807) is 24.2 Å². The minimum absolute atomic E-state index is 0.195. The molecule has 2 aromatic heterocycles. The first-order valence-corrected chi connectivity index (χ1v) is 19.2. The SMILES string of the molecule is CCCCCc1nc(C)c(C(=O)O)n1Cc1c2ccocc-2c(Br)c1-c1ccccc1-c1nnn(C(c2ccccc2)(c2ccccc2)c2ccccc2)n1. The summed E-state index contributed by atoms with van der Waals surface area (Å²) in [6, 6.07) is 40.7. The van der Waals surface area contributed by atoms with E-state index in [1.165, 1.54) is 0 Å². The second-order valence-corrected chi connectivity index (χ2v) is 14.4. The summed E-state index contributed by atoms with van der Waals surface area (Å²) >= 11 is 3.95. The molecule has 55 heavy (non-hydrogen) atoms. The Morgan fingerprint density at radius 2 is 1.38 bits per heavy atom. The van der Waals surface area contributed by atoms with Crippen molar-refractivity contribution in [2.24, 2.45) is 0 Å². The molecule has 8 rings (SSSR count). The Bertz CT molecular complexity index is 2450. The van der Waals surface area contributed by atoms with Crippen molar-refractivity contribution in [2.75, 3.05) is 0 Å². The Morgan fingerprint density at radius 1 is 0.782 bits per heavy atom. The number of aryl methyl sites for hydroxylation is 2. The standard InChI is InChI=1S/C45H39BrN6O3/c1-3-4-8-25-39-47-30(2)42(44(53)54)51(39)28-37-34-26-27-55-29-38(34)41(46)40(37)35-23-15-16-24-36(35)43-48-50-52(49-43)45(31-17-9-5-10-18-31,32-19-11-6-12-20-32)33-21-13-7-14-22-33/h5-7,9-24,26-27,29H,3-4,8,25,28H2,1-2H3,(H,53,54). The molecule has 2 aliphatic rings. The van der Waals surface area contributed by atoms with Crippen molar-refractivity contribution in [2.45, 2.75) is 51.6 Å². The second kappa shape index (κ2) is 15.3. The van der Waals surface area contributed by atoms with Crippen LogP contribution in [0.25, 0.3) is 33.6 Å². The number of aromatic carboxylic acids is 1. The van der Waals surface area contributed by atoms with E-state index in [2.05, 4.69) is 59.3 Å². The van der Waals surface area contributed by atoms with Crippen LogP contribution in [0.1, 0.15) is 70.4 Å². The molecule has 0 bridgehead atoms. The summed E-state index contributed by atoms with van der Waals surface area (Å²) < 4.78 is 8.38. The van der Waals surface area contributed by atoms with E-state index < -0.39 is 11.5 Å². The summed E-state index contributed by atoms with van der Waals surface area (Å²) in [5.74, 6) is 0.205. The van der Waals surface area contributed by atoms with E-state index in [0.29, 0.717) is 24.5 Å². The summed E-state index contributed by atoms with van der Waals surface area (Å²) in [6.45, 7) is 4.22. The van der Waals surface area contributed by atoms with E-state index in [9.17, 15) is 9.90 Å². The highest BCUT2D eigenvalue weighted by atomic mass is 79.9. The third-order valence-electron chi connectivity index (χ3n) is 10.3. The number of carbonyl (C=O) groups is 1. The number of tetrazole rings is 1. The van der Waals surface area contributed by atoms with Gasteiger partial charge in [-0.25, -0.2) is 9.78 Å². The zero-order valence-electron chi connectivity index (χ0n) is 30.6. The zero-order chi connectivity index (χ0) is 37.9. The first kappa shape index (κ1) is 35.9. The Morgan fingerprint density at radius 3 is 1.98 bits per heavy atom. The molecule has 274 valence electrons. The van der Waals surface area contributed by atoms with Crippen molar-refractivity contribution in [3.63, 3.8) is 0 Å². The van der Waals surface area contributed by atoms with E-state index in [4.69, 9.17) is 24.8 Å². The van der Waals surface area contributed by atoms with Crippen LogP contribution in [0.2, 0.25) is 0 Å². The zero-order valence-corrected chi connectivity index (χ0v) is 32.1. The monoisotopic (exact) mass is 790 g/mol. The summed E-state index contributed by atoms with van der Waals surface area (Å²) in [5.41, 5.74) is 8.00. The molecule has 0 fully saturated rings. The molecule has 0 amide bonds. The van der Waals surface area contributed by atoms with Gasteiger partial charge in [0.05, 0.1) is 24.8 Å². The molecule has 0 atom stereocenters. The highest BCUT2D eigenvalue weighted by Crippen LogP contribution is 2.49. The van der Waals surface area contributed by atoms with Crippen LogP contribution in [0.5, 0.6) is 0 Å². The summed E-state index contributed by atoms with van der Waals surface area (Å²) in [7, 11) is 0. The Labute approximate surface area is 327 Å². The van der Waals surface area contributed by atoms with Gasteiger partial charge < -0.3 is 14.1 Å². The van der Waals surface area contributed by atoms with E-state index >= 15 is 0 Å². The number of halogens is 1. The average Bonchev–Trinajstić information content (AvgIpc) is 3.91. The lowest BCUT2D eigenvalue weighted by Gasteiger charge is -2.34. The maximum atomic E-state index is 12.7. The number of imidazole rings is 1. The molecular weight excluding hydrogens is 752 g/mol. The third kappa shape index (κ3) is 6.36. The lowest BCUT2D eigenvalue weighted by molar-refractivity contribution is 0.0684. The Hall–Kier alpha value is -6.13. The maximum Gasteiger partial charge on any atom is 0.354 e. The Kier molecular flexibility index (Phi) is 9.99. The molecule has 9 nitrogen and oxygen atoms in total. The first-order valence-electron chi connectivity index (χ1n) is 18.5. The fourth-order valence-corrected chi connectivity index (χ4v) is 8.61. The van der Waals surface area contributed by atoms with Crippen LogP contribution in [-0.4, -0.2) is 40.8 Å². The maximum absolute atomic E-state index is 12.7. The van der Waals surface area contributed by atoms with Crippen molar-refractivity contribution < 1.29 is 14.3 Å². The normalized spacial score (nSPS) is 11.7. The number of carboxylic acid groups (broad SMARTS) is 1. The van der Waals surface area contributed by atoms with Crippen molar-refractivity contribution in [1.82, 2.24) is 29.8 Å². The molecule has 0 saturated carbocycles. The number of hydrogen-bond acceptors (Lipinski definition) is 6. The molecule has 0 saturated heterocycles. The van der Waals surface area contributed by atoms with Crippen LogP contribution in [0.15, 0.2) is 143 Å². The number of fused-ring (bicyclic) bond motifs is 1. The number of benzene rings is 4. The number of nitrogens with zero attached hydrogens (tertiary/aromatic N) is 6. The van der Waals surface area contributed by atoms with Crippen LogP contribution in [0, 0.1) is 6.92 Å². The highest BCUT2D eigenvalue weighted by Gasteiger charge is 2.41. The van der Waals surface area contributed by atoms with E-state index in [-0.39, 0.29) is 5.69 Å².